The molecule has 0 aromatic carbocycles. The number of halogens is 1. The molecular formula is C10H18ClNO. The first-order chi connectivity index (χ1) is 5.87. The Morgan fingerprint density at radius 3 is 2.00 bits per heavy atom. The Kier molecular flexibility index (Phi) is 2.33. The first-order valence-electron chi connectivity index (χ1n) is 5.16. The van der Waals surface area contributed by atoms with Crippen molar-refractivity contribution in [2.75, 3.05) is 26.3 Å². The van der Waals surface area contributed by atoms with Crippen LogP contribution in [0.1, 0.15) is 25.7 Å². The Morgan fingerprint density at radius 1 is 0.923 bits per heavy atom. The van der Waals surface area contributed by atoms with Crippen LogP contribution < -0.4 is 5.32 Å². The molecule has 1 N–H and O–H groups in total. The lowest BCUT2D eigenvalue weighted by atomic mass is 9.60. The van der Waals surface area contributed by atoms with Gasteiger partial charge >= 0.3 is 0 Å². The van der Waals surface area contributed by atoms with Gasteiger partial charge in [0.05, 0.1) is 13.2 Å². The fourth-order valence-electron chi connectivity index (χ4n) is 3.54. The maximum Gasteiger partial charge on any atom is 0.0541 e. The number of ether oxygens (including phenoxy) is 1. The second kappa shape index (κ2) is 3.11. The third-order valence-corrected chi connectivity index (χ3v) is 4.37. The summed E-state index contributed by atoms with van der Waals surface area (Å²) in [4.78, 5) is 0. The summed E-state index contributed by atoms with van der Waals surface area (Å²) in [5.41, 5.74) is 1.09. The van der Waals surface area contributed by atoms with Gasteiger partial charge < -0.3 is 10.1 Å². The van der Waals surface area contributed by atoms with Crippen molar-refractivity contribution in [2.45, 2.75) is 25.7 Å². The normalized spacial score (nSPS) is 48.0. The molecule has 0 radical (unpaired) electrons. The molecule has 0 aromatic rings. The summed E-state index contributed by atoms with van der Waals surface area (Å²) in [5, 5.41) is 3.57. The summed E-state index contributed by atoms with van der Waals surface area (Å²) in [7, 11) is 0. The van der Waals surface area contributed by atoms with Crippen LogP contribution in [0, 0.1) is 10.8 Å². The lowest BCUT2D eigenvalue weighted by molar-refractivity contribution is 0.0945. The second-order valence-corrected chi connectivity index (χ2v) is 4.86. The summed E-state index contributed by atoms with van der Waals surface area (Å²) < 4.78 is 5.70. The van der Waals surface area contributed by atoms with Crippen molar-refractivity contribution in [2.24, 2.45) is 10.8 Å². The minimum Gasteiger partial charge on any atom is -0.380 e. The van der Waals surface area contributed by atoms with Crippen LogP contribution in [0.2, 0.25) is 0 Å². The third kappa shape index (κ3) is 1.09. The molecule has 2 saturated heterocycles. The first-order valence-corrected chi connectivity index (χ1v) is 5.16. The van der Waals surface area contributed by atoms with E-state index in [2.05, 4.69) is 5.32 Å². The summed E-state index contributed by atoms with van der Waals surface area (Å²) in [6, 6.07) is 0. The van der Waals surface area contributed by atoms with E-state index in [9.17, 15) is 0 Å². The van der Waals surface area contributed by atoms with Crippen LogP contribution in [0.3, 0.4) is 0 Å². The average Bonchev–Trinajstić information content (AvgIpc) is 2.57. The molecule has 3 aliphatic rings. The van der Waals surface area contributed by atoms with Crippen molar-refractivity contribution in [3.8, 4) is 0 Å². The van der Waals surface area contributed by atoms with E-state index >= 15 is 0 Å². The van der Waals surface area contributed by atoms with E-state index in [1.54, 1.807) is 0 Å². The Labute approximate surface area is 85.8 Å². The minimum atomic E-state index is 0. The van der Waals surface area contributed by atoms with Crippen LogP contribution >= 0.6 is 12.4 Å². The average molecular weight is 204 g/mol. The van der Waals surface area contributed by atoms with E-state index in [-0.39, 0.29) is 12.4 Å². The molecular weight excluding hydrogens is 186 g/mol. The molecule has 1 aliphatic carbocycles. The Balaban J connectivity index is 0.000000653. The van der Waals surface area contributed by atoms with Gasteiger partial charge in [0.15, 0.2) is 0 Å². The largest absolute Gasteiger partial charge is 0.380 e. The van der Waals surface area contributed by atoms with Gasteiger partial charge in [0.25, 0.3) is 0 Å². The SMILES string of the molecule is C1CCC23CNCC2(C1)COC3.Cl. The molecule has 0 bridgehead atoms. The standard InChI is InChI=1S/C10H17NO.ClH/c1-2-4-10-6-11-5-9(10,3-1)7-12-8-10;/h11H,1-8H2;1H. The zero-order valence-corrected chi connectivity index (χ0v) is 8.79. The monoisotopic (exact) mass is 203 g/mol. The van der Waals surface area contributed by atoms with Crippen LogP contribution in [0.4, 0.5) is 0 Å². The van der Waals surface area contributed by atoms with Gasteiger partial charge in [-0.1, -0.05) is 12.8 Å². The van der Waals surface area contributed by atoms with E-state index < -0.39 is 0 Å². The molecule has 2 heterocycles. The zero-order chi connectivity index (χ0) is 8.07. The molecule has 2 aliphatic heterocycles. The van der Waals surface area contributed by atoms with Crippen LogP contribution in [0.5, 0.6) is 0 Å². The lowest BCUT2D eigenvalue weighted by Gasteiger charge is -2.41. The lowest BCUT2D eigenvalue weighted by Crippen LogP contribution is -2.42. The molecule has 2 atom stereocenters. The quantitative estimate of drug-likeness (QED) is 0.646. The summed E-state index contributed by atoms with van der Waals surface area (Å²) in [5.74, 6) is 0. The molecule has 13 heavy (non-hydrogen) atoms. The zero-order valence-electron chi connectivity index (χ0n) is 7.97. The van der Waals surface area contributed by atoms with Crippen molar-refractivity contribution in [3.05, 3.63) is 0 Å². The van der Waals surface area contributed by atoms with E-state index in [4.69, 9.17) is 4.74 Å². The Hall–Kier alpha value is 0.210. The van der Waals surface area contributed by atoms with Crippen molar-refractivity contribution in [1.82, 2.24) is 5.32 Å². The highest BCUT2D eigenvalue weighted by atomic mass is 35.5. The van der Waals surface area contributed by atoms with Gasteiger partial charge in [0.1, 0.15) is 0 Å². The highest BCUT2D eigenvalue weighted by Gasteiger charge is 2.59. The predicted octanol–water partition coefficient (Wildman–Crippen LogP) is 1.59. The maximum atomic E-state index is 5.70. The maximum absolute atomic E-state index is 5.70. The van der Waals surface area contributed by atoms with E-state index in [1.165, 1.54) is 38.8 Å². The van der Waals surface area contributed by atoms with Crippen molar-refractivity contribution in [3.63, 3.8) is 0 Å². The molecule has 0 spiro atoms. The van der Waals surface area contributed by atoms with Gasteiger partial charge in [-0.3, -0.25) is 0 Å². The van der Waals surface area contributed by atoms with Crippen LogP contribution in [0.25, 0.3) is 0 Å². The van der Waals surface area contributed by atoms with E-state index in [0.29, 0.717) is 10.8 Å². The summed E-state index contributed by atoms with van der Waals surface area (Å²) in [6.45, 7) is 4.49. The van der Waals surface area contributed by atoms with Crippen molar-refractivity contribution < 1.29 is 4.74 Å². The molecule has 3 fully saturated rings. The van der Waals surface area contributed by atoms with Gasteiger partial charge in [0.2, 0.25) is 0 Å². The van der Waals surface area contributed by atoms with Gasteiger partial charge in [-0.25, -0.2) is 0 Å². The van der Waals surface area contributed by atoms with Gasteiger partial charge in [-0.05, 0) is 12.8 Å². The number of rotatable bonds is 0. The van der Waals surface area contributed by atoms with E-state index in [0.717, 1.165) is 13.2 Å². The second-order valence-electron chi connectivity index (χ2n) is 4.86. The summed E-state index contributed by atoms with van der Waals surface area (Å²) >= 11 is 0. The van der Waals surface area contributed by atoms with Crippen molar-refractivity contribution >= 4 is 12.4 Å². The number of nitrogens with one attached hydrogen (secondary N) is 1. The fourth-order valence-corrected chi connectivity index (χ4v) is 3.54. The fraction of sp³-hybridized carbons (Fsp3) is 1.00. The molecule has 3 heteroatoms. The highest BCUT2D eigenvalue weighted by Crippen LogP contribution is 2.56. The third-order valence-electron chi connectivity index (χ3n) is 4.37. The molecule has 3 rings (SSSR count). The number of hydrogen-bond donors (Lipinski definition) is 1. The smallest absolute Gasteiger partial charge is 0.0541 e. The highest BCUT2D eigenvalue weighted by molar-refractivity contribution is 5.85. The van der Waals surface area contributed by atoms with Gasteiger partial charge in [-0.2, -0.15) is 0 Å². The Bertz CT molecular complexity index is 177. The van der Waals surface area contributed by atoms with Crippen LogP contribution in [-0.4, -0.2) is 26.3 Å². The summed E-state index contributed by atoms with van der Waals surface area (Å²) in [6.07, 6.45) is 5.65. The predicted molar refractivity (Wildman–Crippen MR) is 54.3 cm³/mol. The molecule has 0 amide bonds. The first kappa shape index (κ1) is 9.75. The molecule has 0 aromatic heterocycles. The van der Waals surface area contributed by atoms with Crippen molar-refractivity contribution in [1.29, 1.82) is 0 Å². The molecule has 2 nitrogen and oxygen atoms in total. The van der Waals surface area contributed by atoms with Crippen LogP contribution in [-0.2, 0) is 4.74 Å². The minimum absolute atomic E-state index is 0. The van der Waals surface area contributed by atoms with Gasteiger partial charge in [-0.15, -0.1) is 12.4 Å². The Morgan fingerprint density at radius 2 is 1.46 bits per heavy atom. The van der Waals surface area contributed by atoms with E-state index in [1.807, 2.05) is 0 Å². The molecule has 2 unspecified atom stereocenters. The molecule has 1 saturated carbocycles. The topological polar surface area (TPSA) is 21.3 Å². The van der Waals surface area contributed by atoms with Gasteiger partial charge in [0, 0.05) is 23.9 Å². The molecule has 76 valence electrons. The number of hydrogen-bond acceptors (Lipinski definition) is 2. The van der Waals surface area contributed by atoms with Crippen LogP contribution in [0.15, 0.2) is 0 Å².